The van der Waals surface area contributed by atoms with Crippen LogP contribution in [-0.4, -0.2) is 29.4 Å². The van der Waals surface area contributed by atoms with E-state index in [0.717, 1.165) is 0 Å². The van der Waals surface area contributed by atoms with E-state index >= 15 is 0 Å². The van der Waals surface area contributed by atoms with Gasteiger partial charge in [-0.15, -0.1) is 0 Å². The molecule has 140 valence electrons. The lowest BCUT2D eigenvalue weighted by atomic mass is 10.2. The Labute approximate surface area is 145 Å². The Hall–Kier alpha value is 1.06. The number of rotatable bonds is 6. The Bertz CT molecular complexity index is 228. The SMILES string of the molecule is CCCCCC.CCCCCC.OP(O)(O)=S.OP(O)(O)=S. The van der Waals surface area contributed by atoms with Gasteiger partial charge in [0.15, 0.2) is 0 Å². The van der Waals surface area contributed by atoms with Crippen LogP contribution in [0.1, 0.15) is 79.1 Å². The fraction of sp³-hybridized carbons (Fsp3) is 1.00. The molecule has 0 heterocycles. The fourth-order valence-corrected chi connectivity index (χ4v) is 1.000. The molecule has 0 aliphatic rings. The maximum atomic E-state index is 7.56. The first-order chi connectivity index (χ1) is 9.83. The fourth-order valence-electron chi connectivity index (χ4n) is 1.000. The van der Waals surface area contributed by atoms with Gasteiger partial charge in [0, 0.05) is 0 Å². The topological polar surface area (TPSA) is 121 Å². The number of hydrogen-bond acceptors (Lipinski definition) is 2. The molecule has 6 N–H and O–H groups in total. The highest BCUT2D eigenvalue weighted by Crippen LogP contribution is 2.26. The average molecular weight is 400 g/mol. The average Bonchev–Trinajstić information content (AvgIpc) is 2.30. The second kappa shape index (κ2) is 22.1. The molecule has 0 rings (SSSR count). The van der Waals surface area contributed by atoms with Crippen LogP contribution in [0.25, 0.3) is 0 Å². The summed E-state index contributed by atoms with van der Waals surface area (Å²) in [6, 6.07) is 0. The smallest absolute Gasteiger partial charge is 0.319 e. The standard InChI is InChI=1S/2C6H14.2H3O3PS/c2*1-3-5-6-4-2;2*1-4(2,3)5/h2*3-6H2,1-2H3;2*(H3,1,2,3,5). The monoisotopic (exact) mass is 400 g/mol. The normalized spacial score (nSPS) is 10.3. The number of hydrogen-bond donors (Lipinski definition) is 6. The summed E-state index contributed by atoms with van der Waals surface area (Å²) in [4.78, 5) is 45.3. The van der Waals surface area contributed by atoms with Gasteiger partial charge < -0.3 is 29.4 Å². The summed E-state index contributed by atoms with van der Waals surface area (Å²) in [6.45, 7) is 1.32. The van der Waals surface area contributed by atoms with E-state index < -0.39 is 13.4 Å². The molecule has 22 heavy (non-hydrogen) atoms. The molecule has 0 unspecified atom stereocenters. The molecule has 0 atom stereocenters. The highest BCUT2D eigenvalue weighted by molar-refractivity contribution is 8.06. The van der Waals surface area contributed by atoms with Crippen molar-refractivity contribution < 1.29 is 29.4 Å². The highest BCUT2D eigenvalue weighted by atomic mass is 32.5. The second-order valence-corrected chi connectivity index (χ2v) is 9.43. The first-order valence-electron chi connectivity index (χ1n) is 7.39. The van der Waals surface area contributed by atoms with Crippen LogP contribution in [0.15, 0.2) is 0 Å². The van der Waals surface area contributed by atoms with Crippen LogP contribution >= 0.6 is 13.4 Å². The lowest BCUT2D eigenvalue weighted by Gasteiger charge is -1.88. The van der Waals surface area contributed by atoms with Crippen molar-refractivity contribution in [3.63, 3.8) is 0 Å². The van der Waals surface area contributed by atoms with Gasteiger partial charge in [-0.1, -0.05) is 79.1 Å². The van der Waals surface area contributed by atoms with E-state index in [2.05, 4.69) is 51.3 Å². The van der Waals surface area contributed by atoms with Crippen molar-refractivity contribution in [3.05, 3.63) is 0 Å². The zero-order valence-corrected chi connectivity index (χ0v) is 17.5. The molecule has 0 aliphatic heterocycles. The van der Waals surface area contributed by atoms with Crippen molar-refractivity contribution in [1.29, 1.82) is 0 Å². The van der Waals surface area contributed by atoms with Gasteiger partial charge in [-0.2, -0.15) is 0 Å². The highest BCUT2D eigenvalue weighted by Gasteiger charge is 1.92. The molecule has 0 radical (unpaired) electrons. The molecule has 0 amide bonds. The van der Waals surface area contributed by atoms with Crippen molar-refractivity contribution in [2.45, 2.75) is 79.1 Å². The summed E-state index contributed by atoms with van der Waals surface area (Å²) in [5.74, 6) is 0. The van der Waals surface area contributed by atoms with Crippen molar-refractivity contribution in [2.24, 2.45) is 0 Å². The molecule has 6 nitrogen and oxygen atoms in total. The minimum Gasteiger partial charge on any atom is -0.325 e. The van der Waals surface area contributed by atoms with E-state index in [0.29, 0.717) is 0 Å². The quantitative estimate of drug-likeness (QED) is 0.296. The Morgan fingerprint density at radius 2 is 0.591 bits per heavy atom. The zero-order valence-electron chi connectivity index (χ0n) is 14.1. The summed E-state index contributed by atoms with van der Waals surface area (Å²) >= 11 is 7.21. The Morgan fingerprint density at radius 1 is 0.500 bits per heavy atom. The Balaban J connectivity index is -0.0000000986. The van der Waals surface area contributed by atoms with Crippen LogP contribution in [-0.2, 0) is 23.6 Å². The molecule has 0 bridgehead atoms. The van der Waals surface area contributed by atoms with Gasteiger partial charge >= 0.3 is 13.4 Å². The van der Waals surface area contributed by atoms with Crippen molar-refractivity contribution in [2.75, 3.05) is 0 Å². The van der Waals surface area contributed by atoms with E-state index in [9.17, 15) is 0 Å². The van der Waals surface area contributed by atoms with Crippen LogP contribution in [0.5, 0.6) is 0 Å². The minimum absolute atomic E-state index is 1.36. The van der Waals surface area contributed by atoms with E-state index in [1.807, 2.05) is 0 Å². The molecule has 0 aromatic heterocycles. The Kier molecular flexibility index (Phi) is 31.0. The lowest BCUT2D eigenvalue weighted by molar-refractivity contribution is 0.361. The van der Waals surface area contributed by atoms with Crippen LogP contribution in [0.4, 0.5) is 0 Å². The largest absolute Gasteiger partial charge is 0.325 e. The van der Waals surface area contributed by atoms with Crippen LogP contribution in [0.3, 0.4) is 0 Å². The molecule has 0 aromatic carbocycles. The van der Waals surface area contributed by atoms with Crippen LogP contribution < -0.4 is 0 Å². The van der Waals surface area contributed by atoms with Gasteiger partial charge in [-0.25, -0.2) is 0 Å². The molecular weight excluding hydrogens is 366 g/mol. The zero-order chi connectivity index (χ0) is 18.7. The predicted molar refractivity (Wildman–Crippen MR) is 102 cm³/mol. The van der Waals surface area contributed by atoms with E-state index in [4.69, 9.17) is 29.4 Å². The van der Waals surface area contributed by atoms with Crippen molar-refractivity contribution >= 4 is 37.1 Å². The third-order valence-corrected chi connectivity index (χ3v) is 1.91. The third-order valence-electron chi connectivity index (χ3n) is 1.91. The minimum atomic E-state index is -3.81. The van der Waals surface area contributed by atoms with Gasteiger partial charge in [0.05, 0.1) is 0 Å². The summed E-state index contributed by atoms with van der Waals surface area (Å²) < 4.78 is 0. The van der Waals surface area contributed by atoms with Crippen molar-refractivity contribution in [3.8, 4) is 0 Å². The van der Waals surface area contributed by atoms with Gasteiger partial charge in [0.2, 0.25) is 0 Å². The third kappa shape index (κ3) is 170. The molecule has 10 heteroatoms. The molecule has 0 saturated heterocycles. The van der Waals surface area contributed by atoms with E-state index in [-0.39, 0.29) is 0 Å². The maximum Gasteiger partial charge on any atom is 0.319 e. The molecular formula is C12H34O6P2S2. The summed E-state index contributed by atoms with van der Waals surface area (Å²) in [6.07, 6.45) is 11.1. The maximum absolute atomic E-state index is 7.56. The van der Waals surface area contributed by atoms with Crippen molar-refractivity contribution in [1.82, 2.24) is 0 Å². The second-order valence-electron chi connectivity index (χ2n) is 4.44. The molecule has 0 fully saturated rings. The van der Waals surface area contributed by atoms with Gasteiger partial charge in [0.1, 0.15) is 0 Å². The summed E-state index contributed by atoms with van der Waals surface area (Å²) in [5, 5.41) is 0. The molecule has 0 spiro atoms. The first kappa shape index (κ1) is 30.9. The van der Waals surface area contributed by atoms with E-state index in [1.54, 1.807) is 0 Å². The number of unbranched alkanes of at least 4 members (excludes halogenated alkanes) is 6. The molecule has 0 aliphatic carbocycles. The summed E-state index contributed by atoms with van der Waals surface area (Å²) in [7, 11) is 0. The molecule has 0 saturated carbocycles. The van der Waals surface area contributed by atoms with Crippen LogP contribution in [0, 0.1) is 0 Å². The van der Waals surface area contributed by atoms with Gasteiger partial charge in [-0.3, -0.25) is 0 Å². The molecule has 0 aromatic rings. The lowest BCUT2D eigenvalue weighted by Crippen LogP contribution is -1.66. The van der Waals surface area contributed by atoms with Crippen LogP contribution in [0.2, 0.25) is 0 Å². The van der Waals surface area contributed by atoms with E-state index in [1.165, 1.54) is 51.4 Å². The van der Waals surface area contributed by atoms with Gasteiger partial charge in [-0.05, 0) is 23.6 Å². The van der Waals surface area contributed by atoms with Gasteiger partial charge in [0.25, 0.3) is 0 Å². The predicted octanol–water partition coefficient (Wildman–Crippen LogP) is 3.55. The Morgan fingerprint density at radius 3 is 0.636 bits per heavy atom. The summed E-state index contributed by atoms with van der Waals surface area (Å²) in [5.41, 5.74) is 0. The first-order valence-corrected chi connectivity index (χ1v) is 12.7.